The van der Waals surface area contributed by atoms with E-state index in [0.29, 0.717) is 30.0 Å². The summed E-state index contributed by atoms with van der Waals surface area (Å²) in [5, 5.41) is 21.2. The number of benzene rings is 1. The predicted octanol–water partition coefficient (Wildman–Crippen LogP) is 1.93. The fourth-order valence-electron chi connectivity index (χ4n) is 5.02. The number of anilines is 2. The van der Waals surface area contributed by atoms with Crippen LogP contribution in [0.25, 0.3) is 0 Å². The van der Waals surface area contributed by atoms with Gasteiger partial charge in [0.1, 0.15) is 6.61 Å². The van der Waals surface area contributed by atoms with Gasteiger partial charge in [-0.3, -0.25) is 14.5 Å². The molecule has 3 amide bonds. The Kier molecular flexibility index (Phi) is 6.77. The average Bonchev–Trinajstić information content (AvgIpc) is 3.53. The number of fused-ring (bicyclic) bond motifs is 1. The van der Waals surface area contributed by atoms with Crippen molar-refractivity contribution in [2.24, 2.45) is 5.92 Å². The number of amides is 3. The molecule has 0 aliphatic carbocycles. The number of ether oxygens (including phenoxy) is 1. The smallest absolute Gasteiger partial charge is 0.414 e. The maximum absolute atomic E-state index is 13.4. The second-order valence-electron chi connectivity index (χ2n) is 8.92. The Morgan fingerprint density at radius 3 is 2.82 bits per heavy atom. The number of rotatable bonds is 8. The van der Waals surface area contributed by atoms with Gasteiger partial charge >= 0.3 is 6.09 Å². The van der Waals surface area contributed by atoms with Crippen molar-refractivity contribution in [2.75, 3.05) is 42.6 Å². The normalized spacial score (nSPS) is 25.3. The molecule has 3 aliphatic rings. The zero-order valence-corrected chi connectivity index (χ0v) is 19.4. The molecule has 1 aromatic rings. The highest BCUT2D eigenvalue weighted by molar-refractivity contribution is 6.08. The summed E-state index contributed by atoms with van der Waals surface area (Å²) < 4.78 is 5.02. The molecule has 0 unspecified atom stereocenters. The molecule has 182 valence electrons. The lowest BCUT2D eigenvalue weighted by atomic mass is 9.82. The number of hydrogen-bond acceptors (Lipinski definition) is 6. The molecule has 4 rings (SSSR count). The third kappa shape index (κ3) is 3.99. The van der Waals surface area contributed by atoms with Crippen LogP contribution in [0, 0.1) is 5.92 Å². The summed E-state index contributed by atoms with van der Waals surface area (Å²) in [7, 11) is 0. The molecule has 0 aromatic heterocycles. The highest BCUT2D eigenvalue weighted by Gasteiger charge is 2.52. The molecule has 2 fully saturated rings. The highest BCUT2D eigenvalue weighted by atomic mass is 16.6. The summed E-state index contributed by atoms with van der Waals surface area (Å²) in [5.41, 5.74) is -0.357. The number of aliphatic hydroxyl groups is 2. The minimum Gasteiger partial charge on any atom is -0.447 e. The van der Waals surface area contributed by atoms with Gasteiger partial charge in [-0.1, -0.05) is 25.2 Å². The number of nitrogens with zero attached hydrogens (tertiary/aromatic N) is 3. The third-order valence-corrected chi connectivity index (χ3v) is 6.92. The number of likely N-dealkylation sites (tertiary alicyclic amines) is 1. The first-order valence-electron chi connectivity index (χ1n) is 11.6. The summed E-state index contributed by atoms with van der Waals surface area (Å²) in [6.45, 7) is 6.92. The van der Waals surface area contributed by atoms with E-state index < -0.39 is 23.5 Å². The van der Waals surface area contributed by atoms with Crippen molar-refractivity contribution in [1.29, 1.82) is 0 Å². The lowest BCUT2D eigenvalue weighted by molar-refractivity contribution is -0.139. The molecule has 9 nitrogen and oxygen atoms in total. The Morgan fingerprint density at radius 2 is 2.15 bits per heavy atom. The Hall–Kier alpha value is -3.17. The molecular formula is C25H31N3O6. The fraction of sp³-hybridized carbons (Fsp3) is 0.480. The Balaban J connectivity index is 1.59. The molecular weight excluding hydrogens is 438 g/mol. The quantitative estimate of drug-likeness (QED) is 0.563. The van der Waals surface area contributed by atoms with Crippen LogP contribution in [-0.4, -0.2) is 71.9 Å². The van der Waals surface area contributed by atoms with Gasteiger partial charge in [-0.2, -0.15) is 0 Å². The minimum absolute atomic E-state index is 0.0527. The second kappa shape index (κ2) is 9.60. The lowest BCUT2D eigenvalue weighted by Crippen LogP contribution is -2.44. The summed E-state index contributed by atoms with van der Waals surface area (Å²) >= 11 is 0. The summed E-state index contributed by atoms with van der Waals surface area (Å²) in [4.78, 5) is 42.6. The van der Waals surface area contributed by atoms with Crippen molar-refractivity contribution in [1.82, 2.24) is 4.90 Å². The van der Waals surface area contributed by atoms with Crippen LogP contribution >= 0.6 is 0 Å². The lowest BCUT2D eigenvalue weighted by Gasteiger charge is -2.28. The van der Waals surface area contributed by atoms with Crippen LogP contribution < -0.4 is 9.80 Å². The monoisotopic (exact) mass is 469 g/mol. The number of carbonyl (C=O) groups excluding carboxylic acids is 3. The van der Waals surface area contributed by atoms with E-state index in [9.17, 15) is 24.6 Å². The molecule has 1 aromatic carbocycles. The van der Waals surface area contributed by atoms with Crippen molar-refractivity contribution in [3.8, 4) is 0 Å². The van der Waals surface area contributed by atoms with E-state index in [1.807, 2.05) is 0 Å². The van der Waals surface area contributed by atoms with Crippen LogP contribution in [0.4, 0.5) is 16.2 Å². The molecule has 3 aliphatic heterocycles. The molecule has 34 heavy (non-hydrogen) atoms. The number of hydrogen-bond donors (Lipinski definition) is 2. The van der Waals surface area contributed by atoms with E-state index in [1.165, 1.54) is 9.80 Å². The zero-order chi connectivity index (χ0) is 24.5. The van der Waals surface area contributed by atoms with Gasteiger partial charge in [0.05, 0.1) is 24.9 Å². The Morgan fingerprint density at radius 1 is 1.35 bits per heavy atom. The second-order valence-corrected chi connectivity index (χ2v) is 8.92. The van der Waals surface area contributed by atoms with Crippen LogP contribution in [-0.2, 0) is 19.9 Å². The molecule has 3 atom stereocenters. The number of cyclic esters (lactones) is 1. The maximum atomic E-state index is 13.4. The highest BCUT2D eigenvalue weighted by Crippen LogP contribution is 2.46. The molecule has 0 spiro atoms. The first kappa shape index (κ1) is 24.0. The van der Waals surface area contributed by atoms with Crippen LogP contribution in [0.2, 0.25) is 0 Å². The van der Waals surface area contributed by atoms with Crippen molar-refractivity contribution >= 4 is 29.3 Å². The van der Waals surface area contributed by atoms with Gasteiger partial charge in [0.15, 0.2) is 5.60 Å². The van der Waals surface area contributed by atoms with Crippen molar-refractivity contribution in [3.05, 3.63) is 48.6 Å². The van der Waals surface area contributed by atoms with E-state index in [1.54, 1.807) is 48.3 Å². The van der Waals surface area contributed by atoms with Crippen LogP contribution in [0.1, 0.15) is 31.7 Å². The Bertz CT molecular complexity index is 1020. The van der Waals surface area contributed by atoms with Gasteiger partial charge in [-0.15, -0.1) is 6.58 Å². The molecule has 3 heterocycles. The van der Waals surface area contributed by atoms with Crippen molar-refractivity contribution < 1.29 is 29.3 Å². The maximum Gasteiger partial charge on any atom is 0.414 e. The van der Waals surface area contributed by atoms with Gasteiger partial charge in [0.2, 0.25) is 5.91 Å². The first-order valence-corrected chi connectivity index (χ1v) is 11.6. The van der Waals surface area contributed by atoms with Gasteiger partial charge in [-0.25, -0.2) is 4.79 Å². The topological polar surface area (TPSA) is 111 Å². The molecule has 2 saturated heterocycles. The van der Waals surface area contributed by atoms with Crippen LogP contribution in [0.5, 0.6) is 0 Å². The minimum atomic E-state index is -1.86. The third-order valence-electron chi connectivity index (χ3n) is 6.92. The number of aliphatic hydroxyl groups excluding tert-OH is 1. The van der Waals surface area contributed by atoms with E-state index in [-0.39, 0.29) is 38.1 Å². The first-order chi connectivity index (χ1) is 16.3. The summed E-state index contributed by atoms with van der Waals surface area (Å²) in [6, 6.07) is 4.97. The van der Waals surface area contributed by atoms with E-state index in [4.69, 9.17) is 4.74 Å². The number of carbonyl (C=O) groups is 3. The fourth-order valence-corrected chi connectivity index (χ4v) is 5.02. The molecule has 0 saturated carbocycles. The SMILES string of the molecule is C=CCN1C(=O)[C@@](O)([C@@H](C)/C=C/CC(=O)N2CCC[C@H]2CO)c2cc(N3CCOC3=O)ccc21. The summed E-state index contributed by atoms with van der Waals surface area (Å²) in [5.74, 6) is -1.21. The largest absolute Gasteiger partial charge is 0.447 e. The van der Waals surface area contributed by atoms with E-state index >= 15 is 0 Å². The van der Waals surface area contributed by atoms with Crippen LogP contribution in [0.15, 0.2) is 43.0 Å². The molecule has 0 radical (unpaired) electrons. The standard InChI is InChI=1S/C25H31N3O6/c1-3-11-28-21-10-9-18(27-13-14-34-24(27)32)15-20(21)25(33,23(28)31)17(2)6-4-8-22(30)26-12-5-7-19(26)16-29/h3-4,6,9-10,15,17,19,29,33H,1,5,7-8,11-14,16H2,2H3/b6-4+/t17-,19-,25+/m0/s1. The van der Waals surface area contributed by atoms with Gasteiger partial charge < -0.3 is 24.7 Å². The van der Waals surface area contributed by atoms with E-state index in [2.05, 4.69) is 6.58 Å². The van der Waals surface area contributed by atoms with Gasteiger partial charge in [0.25, 0.3) is 5.91 Å². The molecule has 0 bridgehead atoms. The Labute approximate surface area is 198 Å². The van der Waals surface area contributed by atoms with Gasteiger partial charge in [-0.05, 0) is 31.0 Å². The van der Waals surface area contributed by atoms with Crippen molar-refractivity contribution in [2.45, 2.75) is 37.8 Å². The van der Waals surface area contributed by atoms with Crippen LogP contribution in [0.3, 0.4) is 0 Å². The molecule has 2 N–H and O–H groups in total. The average molecular weight is 470 g/mol. The van der Waals surface area contributed by atoms with Gasteiger partial charge in [0, 0.05) is 36.7 Å². The summed E-state index contributed by atoms with van der Waals surface area (Å²) in [6.07, 6.45) is 6.25. The van der Waals surface area contributed by atoms with E-state index in [0.717, 1.165) is 12.8 Å². The molecule has 9 heteroatoms. The zero-order valence-electron chi connectivity index (χ0n) is 19.4. The predicted molar refractivity (Wildman–Crippen MR) is 126 cm³/mol. The van der Waals surface area contributed by atoms with Crippen molar-refractivity contribution in [3.63, 3.8) is 0 Å².